The normalized spacial score (nSPS) is 24.7. The Morgan fingerprint density at radius 1 is 0.957 bits per heavy atom. The lowest BCUT2D eigenvalue weighted by atomic mass is 9.86. The van der Waals surface area contributed by atoms with E-state index in [1.807, 2.05) is 4.57 Å². The molecule has 3 aliphatic rings. The van der Waals surface area contributed by atoms with Crippen molar-refractivity contribution in [1.29, 1.82) is 0 Å². The Bertz CT molecular complexity index is 1570. The van der Waals surface area contributed by atoms with Gasteiger partial charge in [0.25, 0.3) is 0 Å². The standard InChI is InChI=1S/C32H46F2N8O3S/c1-46(43,44)40-25-10-8-24(9-11-25)36-31-35-20-29-30(39-31)42(32(38-29)37-28-14-7-23(33)19-27(28)34)26-12-5-22(6-13-26)21-45-18-17-41-15-3-2-4-16-41/h7,14,19-20,22,24-26,40H,2-6,8-13,15-18,21H2,1H3,(H,37,38)(H,35,36,39)/t22-,24-,25-,26+. The molecule has 46 heavy (non-hydrogen) atoms. The van der Waals surface area contributed by atoms with Crippen LogP contribution in [0, 0.1) is 17.6 Å². The predicted molar refractivity (Wildman–Crippen MR) is 175 cm³/mol. The Morgan fingerprint density at radius 3 is 2.41 bits per heavy atom. The zero-order valence-corrected chi connectivity index (χ0v) is 27.4. The number of piperidine rings is 1. The monoisotopic (exact) mass is 660 g/mol. The Hall–Kier alpha value is -2.94. The summed E-state index contributed by atoms with van der Waals surface area (Å²) in [4.78, 5) is 16.7. The van der Waals surface area contributed by atoms with Crippen LogP contribution in [0.25, 0.3) is 11.2 Å². The summed E-state index contributed by atoms with van der Waals surface area (Å²) in [5.41, 5.74) is 1.37. The van der Waals surface area contributed by atoms with Gasteiger partial charge < -0.3 is 20.3 Å². The van der Waals surface area contributed by atoms with Crippen LogP contribution in [0.5, 0.6) is 0 Å². The average Bonchev–Trinajstić information content (AvgIpc) is 3.39. The van der Waals surface area contributed by atoms with E-state index in [0.29, 0.717) is 29.0 Å². The predicted octanol–water partition coefficient (Wildman–Crippen LogP) is 5.35. The quantitative estimate of drug-likeness (QED) is 0.220. The lowest BCUT2D eigenvalue weighted by molar-refractivity contribution is 0.0587. The molecule has 0 radical (unpaired) electrons. The number of likely N-dealkylation sites (tertiary alicyclic amines) is 1. The highest BCUT2D eigenvalue weighted by molar-refractivity contribution is 7.88. The lowest BCUT2D eigenvalue weighted by Crippen LogP contribution is -2.39. The molecular weight excluding hydrogens is 614 g/mol. The first-order valence-electron chi connectivity index (χ1n) is 16.7. The van der Waals surface area contributed by atoms with Gasteiger partial charge in [0.1, 0.15) is 17.2 Å². The van der Waals surface area contributed by atoms with Crippen LogP contribution in [0.2, 0.25) is 0 Å². The smallest absolute Gasteiger partial charge is 0.224 e. The van der Waals surface area contributed by atoms with Crippen molar-refractivity contribution >= 4 is 38.8 Å². The molecule has 0 spiro atoms. The van der Waals surface area contributed by atoms with Crippen molar-refractivity contribution in [1.82, 2.24) is 29.1 Å². The SMILES string of the molecule is CS(=O)(=O)N[C@H]1CC[C@H](Nc2ncc3nc(Nc4ccc(F)cc4F)n([C@H]4CC[C@@H](COCCN5CCCCC5)CC4)c3n2)CC1. The molecule has 1 saturated heterocycles. The number of sulfonamides is 1. The number of ether oxygens (including phenoxy) is 1. The van der Waals surface area contributed by atoms with Crippen LogP contribution in [-0.4, -0.2) is 84.0 Å². The Balaban J connectivity index is 1.14. The van der Waals surface area contributed by atoms with E-state index >= 15 is 0 Å². The van der Waals surface area contributed by atoms with Crippen LogP contribution in [0.4, 0.5) is 26.4 Å². The van der Waals surface area contributed by atoms with Gasteiger partial charge in [-0.05, 0) is 95.3 Å². The summed E-state index contributed by atoms with van der Waals surface area (Å²) < 4.78 is 62.5. The van der Waals surface area contributed by atoms with E-state index in [-0.39, 0.29) is 23.8 Å². The molecule has 3 fully saturated rings. The zero-order chi connectivity index (χ0) is 32.1. The van der Waals surface area contributed by atoms with Crippen LogP contribution in [0.3, 0.4) is 0 Å². The average molecular weight is 661 g/mol. The van der Waals surface area contributed by atoms with Gasteiger partial charge in [-0.15, -0.1) is 0 Å². The number of hydrogen-bond donors (Lipinski definition) is 3. The fraction of sp³-hybridized carbons (Fsp3) is 0.656. The molecule has 3 N–H and O–H groups in total. The molecule has 14 heteroatoms. The molecule has 0 unspecified atom stereocenters. The third kappa shape index (κ3) is 8.69. The number of benzene rings is 1. The summed E-state index contributed by atoms with van der Waals surface area (Å²) in [5, 5.41) is 6.54. The van der Waals surface area contributed by atoms with Crippen molar-refractivity contribution in [2.45, 2.75) is 88.8 Å². The summed E-state index contributed by atoms with van der Waals surface area (Å²) in [7, 11) is -3.24. The third-order valence-electron chi connectivity index (χ3n) is 9.59. The van der Waals surface area contributed by atoms with Crippen molar-refractivity contribution in [2.75, 3.05) is 49.7 Å². The number of fused-ring (bicyclic) bond motifs is 1. The van der Waals surface area contributed by atoms with Crippen LogP contribution >= 0.6 is 0 Å². The van der Waals surface area contributed by atoms with Gasteiger partial charge >= 0.3 is 0 Å². The fourth-order valence-electron chi connectivity index (χ4n) is 7.14. The molecule has 0 amide bonds. The van der Waals surface area contributed by atoms with Crippen molar-refractivity contribution in [3.8, 4) is 0 Å². The van der Waals surface area contributed by atoms with Gasteiger partial charge in [-0.1, -0.05) is 6.42 Å². The van der Waals surface area contributed by atoms with Crippen LogP contribution in [-0.2, 0) is 14.8 Å². The minimum absolute atomic E-state index is 0.0615. The molecule has 3 aromatic rings. The van der Waals surface area contributed by atoms with Crippen molar-refractivity contribution in [3.63, 3.8) is 0 Å². The van der Waals surface area contributed by atoms with Crippen molar-refractivity contribution in [2.24, 2.45) is 5.92 Å². The van der Waals surface area contributed by atoms with Gasteiger partial charge in [0.15, 0.2) is 5.65 Å². The maximum atomic E-state index is 14.7. The van der Waals surface area contributed by atoms with E-state index in [1.54, 1.807) is 6.20 Å². The second kappa shape index (κ2) is 14.9. The first-order chi connectivity index (χ1) is 22.2. The molecule has 2 aromatic heterocycles. The Labute approximate surface area is 270 Å². The van der Waals surface area contributed by atoms with Crippen molar-refractivity contribution < 1.29 is 21.9 Å². The highest BCUT2D eigenvalue weighted by Crippen LogP contribution is 2.37. The van der Waals surface area contributed by atoms with E-state index in [2.05, 4.69) is 25.2 Å². The molecule has 3 heterocycles. The first-order valence-corrected chi connectivity index (χ1v) is 18.6. The number of nitrogens with zero attached hydrogens (tertiary/aromatic N) is 5. The highest BCUT2D eigenvalue weighted by Gasteiger charge is 2.28. The molecule has 0 atom stereocenters. The van der Waals surface area contributed by atoms with Gasteiger partial charge in [0.2, 0.25) is 21.9 Å². The second-order valence-electron chi connectivity index (χ2n) is 13.2. The summed E-state index contributed by atoms with van der Waals surface area (Å²) in [6, 6.07) is 3.59. The van der Waals surface area contributed by atoms with Gasteiger partial charge in [0, 0.05) is 37.3 Å². The number of rotatable bonds is 12. The molecule has 1 aliphatic heterocycles. The van der Waals surface area contributed by atoms with E-state index in [4.69, 9.17) is 14.7 Å². The number of hydrogen-bond acceptors (Lipinski definition) is 9. The van der Waals surface area contributed by atoms with Crippen LogP contribution < -0.4 is 15.4 Å². The van der Waals surface area contributed by atoms with Crippen LogP contribution in [0.15, 0.2) is 24.4 Å². The molecule has 11 nitrogen and oxygen atoms in total. The van der Waals surface area contributed by atoms with Gasteiger partial charge in [0.05, 0.1) is 24.7 Å². The molecule has 252 valence electrons. The molecule has 6 rings (SSSR count). The molecule has 0 bridgehead atoms. The second-order valence-corrected chi connectivity index (χ2v) is 15.0. The van der Waals surface area contributed by atoms with Gasteiger partial charge in [-0.3, -0.25) is 4.57 Å². The maximum Gasteiger partial charge on any atom is 0.224 e. The van der Waals surface area contributed by atoms with E-state index in [1.165, 1.54) is 50.7 Å². The van der Waals surface area contributed by atoms with Gasteiger partial charge in [-0.25, -0.2) is 31.9 Å². The molecule has 2 aliphatic carbocycles. The largest absolute Gasteiger partial charge is 0.380 e. The summed E-state index contributed by atoms with van der Waals surface area (Å²) in [6.07, 6.45) is 13.6. The summed E-state index contributed by atoms with van der Waals surface area (Å²) in [6.45, 7) is 4.88. The zero-order valence-electron chi connectivity index (χ0n) is 26.6. The number of aromatic nitrogens is 4. The maximum absolute atomic E-state index is 14.7. The van der Waals surface area contributed by atoms with E-state index in [9.17, 15) is 17.2 Å². The number of anilines is 3. The van der Waals surface area contributed by atoms with Crippen LogP contribution in [0.1, 0.15) is 76.7 Å². The lowest BCUT2D eigenvalue weighted by Gasteiger charge is -2.31. The van der Waals surface area contributed by atoms with Gasteiger partial charge in [-0.2, -0.15) is 4.98 Å². The number of nitrogens with one attached hydrogen (secondary N) is 3. The number of halogens is 2. The molecule has 2 saturated carbocycles. The molecular formula is C32H46F2N8O3S. The third-order valence-corrected chi connectivity index (χ3v) is 10.3. The summed E-state index contributed by atoms with van der Waals surface area (Å²) >= 11 is 0. The van der Waals surface area contributed by atoms with Crippen molar-refractivity contribution in [3.05, 3.63) is 36.0 Å². The fourth-order valence-corrected chi connectivity index (χ4v) is 7.98. The molecule has 1 aromatic carbocycles. The summed E-state index contributed by atoms with van der Waals surface area (Å²) in [5.74, 6) is 0.0655. The minimum atomic E-state index is -3.24. The van der Waals surface area contributed by atoms with E-state index < -0.39 is 21.7 Å². The first kappa shape index (κ1) is 33.0. The number of imidazole rings is 1. The Kier molecular flexibility index (Phi) is 10.7. The highest BCUT2D eigenvalue weighted by atomic mass is 32.2. The van der Waals surface area contributed by atoms with E-state index in [0.717, 1.165) is 77.2 Å². The Morgan fingerprint density at radius 2 is 1.70 bits per heavy atom. The topological polar surface area (TPSA) is 126 Å². The minimum Gasteiger partial charge on any atom is -0.380 e.